The van der Waals surface area contributed by atoms with Crippen LogP contribution in [0.4, 0.5) is 5.82 Å². The summed E-state index contributed by atoms with van der Waals surface area (Å²) < 4.78 is 0. The van der Waals surface area contributed by atoms with Crippen LogP contribution in [0.1, 0.15) is 32.4 Å². The van der Waals surface area contributed by atoms with Crippen LogP contribution in [0.2, 0.25) is 0 Å². The number of nitrogens with zero attached hydrogens (tertiary/aromatic N) is 3. The van der Waals surface area contributed by atoms with E-state index in [0.29, 0.717) is 0 Å². The second-order valence-corrected chi connectivity index (χ2v) is 4.29. The molecule has 0 aliphatic rings. The zero-order valence-electron chi connectivity index (χ0n) is 11.2. The van der Waals surface area contributed by atoms with Gasteiger partial charge in [0.2, 0.25) is 0 Å². The molecule has 0 aromatic carbocycles. The molecule has 1 heterocycles. The minimum atomic E-state index is 0.975. The second-order valence-electron chi connectivity index (χ2n) is 4.29. The van der Waals surface area contributed by atoms with Crippen molar-refractivity contribution in [2.75, 3.05) is 31.6 Å². The summed E-state index contributed by atoms with van der Waals surface area (Å²) in [4.78, 5) is 10.7. The lowest BCUT2D eigenvalue weighted by Crippen LogP contribution is -2.30. The molecule has 0 saturated heterocycles. The zero-order chi connectivity index (χ0) is 12.5. The molecule has 0 spiro atoms. The van der Waals surface area contributed by atoms with Crippen LogP contribution in [-0.2, 0) is 6.42 Å². The van der Waals surface area contributed by atoms with Gasteiger partial charge in [0.1, 0.15) is 12.1 Å². The predicted molar refractivity (Wildman–Crippen MR) is 72.5 cm³/mol. The van der Waals surface area contributed by atoms with Gasteiger partial charge in [-0.1, -0.05) is 20.3 Å². The summed E-state index contributed by atoms with van der Waals surface area (Å²) in [6, 6.07) is 2.09. The summed E-state index contributed by atoms with van der Waals surface area (Å²) in [7, 11) is 2.08. The summed E-state index contributed by atoms with van der Waals surface area (Å²) in [5.41, 5.74) is 1.13. The Morgan fingerprint density at radius 3 is 2.71 bits per heavy atom. The summed E-state index contributed by atoms with van der Waals surface area (Å²) in [5, 5.41) is 3.39. The average Bonchev–Trinajstić information content (AvgIpc) is 2.35. The fraction of sp³-hybridized carbons (Fsp3) is 0.692. The fourth-order valence-corrected chi connectivity index (χ4v) is 1.65. The van der Waals surface area contributed by atoms with Crippen LogP contribution >= 0.6 is 0 Å². The van der Waals surface area contributed by atoms with E-state index in [2.05, 4.69) is 47.1 Å². The van der Waals surface area contributed by atoms with E-state index in [1.54, 1.807) is 6.33 Å². The van der Waals surface area contributed by atoms with Gasteiger partial charge >= 0.3 is 0 Å². The van der Waals surface area contributed by atoms with Crippen LogP contribution in [0.5, 0.6) is 0 Å². The molecule has 96 valence electrons. The highest BCUT2D eigenvalue weighted by Crippen LogP contribution is 2.09. The number of hydrogen-bond acceptors (Lipinski definition) is 4. The van der Waals surface area contributed by atoms with E-state index in [9.17, 15) is 0 Å². The topological polar surface area (TPSA) is 41.0 Å². The maximum atomic E-state index is 4.31. The second kappa shape index (κ2) is 8.01. The highest BCUT2D eigenvalue weighted by molar-refractivity contribution is 5.37. The van der Waals surface area contributed by atoms with E-state index < -0.39 is 0 Å². The van der Waals surface area contributed by atoms with Gasteiger partial charge in [-0.15, -0.1) is 0 Å². The van der Waals surface area contributed by atoms with Crippen molar-refractivity contribution in [3.63, 3.8) is 0 Å². The van der Waals surface area contributed by atoms with E-state index in [0.717, 1.165) is 44.0 Å². The molecule has 0 radical (unpaired) electrons. The molecule has 4 nitrogen and oxygen atoms in total. The van der Waals surface area contributed by atoms with E-state index >= 15 is 0 Å². The van der Waals surface area contributed by atoms with Crippen molar-refractivity contribution in [2.24, 2.45) is 0 Å². The van der Waals surface area contributed by atoms with Crippen molar-refractivity contribution >= 4 is 5.82 Å². The molecule has 0 saturated carbocycles. The van der Waals surface area contributed by atoms with Gasteiger partial charge in [0.25, 0.3) is 0 Å². The minimum Gasteiger partial charge on any atom is -0.358 e. The minimum absolute atomic E-state index is 0.975. The Hall–Kier alpha value is -1.16. The summed E-state index contributed by atoms with van der Waals surface area (Å²) in [6.07, 6.45) is 4.99. The molecule has 1 N–H and O–H groups in total. The van der Waals surface area contributed by atoms with E-state index in [1.807, 2.05) is 0 Å². The van der Waals surface area contributed by atoms with Gasteiger partial charge < -0.3 is 10.2 Å². The number of anilines is 1. The number of aryl methyl sites for hydroxylation is 1. The lowest BCUT2D eigenvalue weighted by molar-refractivity contribution is 0.663. The van der Waals surface area contributed by atoms with Crippen molar-refractivity contribution in [1.82, 2.24) is 15.3 Å². The number of nitrogens with one attached hydrogen (secondary N) is 1. The molecule has 4 heteroatoms. The first-order valence-electron chi connectivity index (χ1n) is 6.50. The molecular formula is C13H24N4. The van der Waals surface area contributed by atoms with Crippen LogP contribution in [0.25, 0.3) is 0 Å². The average molecular weight is 236 g/mol. The molecule has 0 bridgehead atoms. The molecule has 0 unspecified atom stereocenters. The number of likely N-dealkylation sites (N-methyl/N-ethyl adjacent to an activating group) is 1. The molecule has 0 fully saturated rings. The predicted octanol–water partition coefficient (Wildman–Crippen LogP) is 1.86. The summed E-state index contributed by atoms with van der Waals surface area (Å²) >= 11 is 0. The molecule has 0 amide bonds. The molecular weight excluding hydrogens is 212 g/mol. The summed E-state index contributed by atoms with van der Waals surface area (Å²) in [5.74, 6) is 1.02. The monoisotopic (exact) mass is 236 g/mol. The third-order valence-electron chi connectivity index (χ3n) is 2.66. The quantitative estimate of drug-likeness (QED) is 0.700. The number of rotatable bonds is 8. The molecule has 17 heavy (non-hydrogen) atoms. The SMILES string of the molecule is CCCNCCN(C)c1cc(CCC)ncn1. The van der Waals surface area contributed by atoms with Crippen LogP contribution in [0, 0.1) is 0 Å². The Morgan fingerprint density at radius 1 is 1.18 bits per heavy atom. The molecule has 1 rings (SSSR count). The van der Waals surface area contributed by atoms with E-state index in [1.165, 1.54) is 6.42 Å². The van der Waals surface area contributed by atoms with Crippen LogP contribution < -0.4 is 10.2 Å². The van der Waals surface area contributed by atoms with Gasteiger partial charge in [0, 0.05) is 31.9 Å². The Bertz CT molecular complexity index is 314. The van der Waals surface area contributed by atoms with Gasteiger partial charge in [-0.2, -0.15) is 0 Å². The Balaban J connectivity index is 2.44. The molecule has 0 atom stereocenters. The molecule has 1 aromatic heterocycles. The first-order chi connectivity index (χ1) is 8.27. The van der Waals surface area contributed by atoms with Gasteiger partial charge in [0.15, 0.2) is 0 Å². The van der Waals surface area contributed by atoms with Crippen molar-refractivity contribution in [2.45, 2.75) is 33.1 Å². The van der Waals surface area contributed by atoms with E-state index in [4.69, 9.17) is 0 Å². The lowest BCUT2D eigenvalue weighted by Gasteiger charge is -2.18. The summed E-state index contributed by atoms with van der Waals surface area (Å²) in [6.45, 7) is 7.40. The van der Waals surface area contributed by atoms with Crippen LogP contribution in [-0.4, -0.2) is 36.6 Å². The Morgan fingerprint density at radius 2 is 2.00 bits per heavy atom. The van der Waals surface area contributed by atoms with Crippen molar-refractivity contribution < 1.29 is 0 Å². The van der Waals surface area contributed by atoms with Gasteiger partial charge in [-0.3, -0.25) is 0 Å². The van der Waals surface area contributed by atoms with Crippen LogP contribution in [0.15, 0.2) is 12.4 Å². The standard InChI is InChI=1S/C13H24N4/c1-4-6-12-10-13(16-11-15-12)17(3)9-8-14-7-5-2/h10-11,14H,4-9H2,1-3H3. The van der Waals surface area contributed by atoms with E-state index in [-0.39, 0.29) is 0 Å². The maximum Gasteiger partial charge on any atom is 0.131 e. The Labute approximate surface area is 104 Å². The van der Waals surface area contributed by atoms with Gasteiger partial charge in [-0.05, 0) is 19.4 Å². The first kappa shape index (κ1) is 13.9. The highest BCUT2D eigenvalue weighted by atomic mass is 15.2. The third-order valence-corrected chi connectivity index (χ3v) is 2.66. The lowest BCUT2D eigenvalue weighted by atomic mass is 10.2. The number of aromatic nitrogens is 2. The smallest absolute Gasteiger partial charge is 0.131 e. The van der Waals surface area contributed by atoms with Crippen molar-refractivity contribution in [1.29, 1.82) is 0 Å². The van der Waals surface area contributed by atoms with Gasteiger partial charge in [-0.25, -0.2) is 9.97 Å². The maximum absolute atomic E-state index is 4.31. The van der Waals surface area contributed by atoms with Crippen LogP contribution in [0.3, 0.4) is 0 Å². The highest BCUT2D eigenvalue weighted by Gasteiger charge is 2.03. The molecule has 0 aliphatic carbocycles. The number of hydrogen-bond donors (Lipinski definition) is 1. The first-order valence-corrected chi connectivity index (χ1v) is 6.50. The molecule has 0 aliphatic heterocycles. The zero-order valence-corrected chi connectivity index (χ0v) is 11.2. The molecule has 1 aromatic rings. The largest absolute Gasteiger partial charge is 0.358 e. The third kappa shape index (κ3) is 5.13. The normalized spacial score (nSPS) is 10.5. The van der Waals surface area contributed by atoms with Gasteiger partial charge in [0.05, 0.1) is 0 Å². The Kier molecular flexibility index (Phi) is 6.55. The van der Waals surface area contributed by atoms with Crippen molar-refractivity contribution in [3.05, 3.63) is 18.1 Å². The van der Waals surface area contributed by atoms with Crippen molar-refractivity contribution in [3.8, 4) is 0 Å². The fourth-order valence-electron chi connectivity index (χ4n) is 1.65.